The summed E-state index contributed by atoms with van der Waals surface area (Å²) in [4.78, 5) is 12.5. The van der Waals surface area contributed by atoms with Crippen molar-refractivity contribution in [1.82, 2.24) is 0 Å². The lowest BCUT2D eigenvalue weighted by Crippen LogP contribution is -2.55. The first-order valence-electron chi connectivity index (χ1n) is 7.88. The normalized spacial score (nSPS) is 26.8. The van der Waals surface area contributed by atoms with Crippen molar-refractivity contribution < 1.29 is 19.7 Å². The van der Waals surface area contributed by atoms with E-state index in [9.17, 15) is 15.0 Å². The van der Waals surface area contributed by atoms with Gasteiger partial charge < -0.3 is 14.9 Å². The molecule has 0 heterocycles. The van der Waals surface area contributed by atoms with Gasteiger partial charge in [-0.2, -0.15) is 0 Å². The Morgan fingerprint density at radius 3 is 2.67 bits per heavy atom. The topological polar surface area (TPSA) is 66.8 Å². The van der Waals surface area contributed by atoms with Crippen LogP contribution in [0.5, 0.6) is 0 Å². The number of benzene rings is 1. The average molecular weight is 326 g/mol. The van der Waals surface area contributed by atoms with Crippen molar-refractivity contribution in [3.05, 3.63) is 59.7 Å². The summed E-state index contributed by atoms with van der Waals surface area (Å²) in [6.45, 7) is 3.28. The molecule has 0 aromatic heterocycles. The van der Waals surface area contributed by atoms with Crippen molar-refractivity contribution >= 4 is 5.78 Å². The highest BCUT2D eigenvalue weighted by atomic mass is 16.5. The number of hydrogen-bond acceptors (Lipinski definition) is 4. The summed E-state index contributed by atoms with van der Waals surface area (Å²) in [6, 6.07) is 9.43. The summed E-state index contributed by atoms with van der Waals surface area (Å²) in [5.41, 5.74) is -0.0783. The van der Waals surface area contributed by atoms with E-state index in [2.05, 4.69) is 11.8 Å². The molecule has 2 N–H and O–H groups in total. The molecular formula is C20H22O4. The molecule has 0 saturated heterocycles. The van der Waals surface area contributed by atoms with Crippen LogP contribution in [0, 0.1) is 17.8 Å². The Morgan fingerprint density at radius 2 is 2.04 bits per heavy atom. The quantitative estimate of drug-likeness (QED) is 0.831. The van der Waals surface area contributed by atoms with E-state index in [0.717, 1.165) is 5.56 Å². The van der Waals surface area contributed by atoms with Crippen LogP contribution in [0.1, 0.15) is 19.4 Å². The average Bonchev–Trinajstić information content (AvgIpc) is 2.60. The lowest BCUT2D eigenvalue weighted by molar-refractivity contribution is -0.166. The van der Waals surface area contributed by atoms with Crippen molar-refractivity contribution in [2.75, 3.05) is 6.61 Å². The van der Waals surface area contributed by atoms with Crippen molar-refractivity contribution in [2.24, 2.45) is 5.92 Å². The van der Waals surface area contributed by atoms with Gasteiger partial charge in [-0.3, -0.25) is 4.79 Å². The molecule has 0 saturated carbocycles. The molecule has 0 bridgehead atoms. The van der Waals surface area contributed by atoms with Crippen molar-refractivity contribution in [3.8, 4) is 11.8 Å². The van der Waals surface area contributed by atoms with Gasteiger partial charge in [0, 0.05) is 11.5 Å². The minimum atomic E-state index is -1.41. The Hall–Kier alpha value is -2.19. The van der Waals surface area contributed by atoms with Gasteiger partial charge in [-0.15, -0.1) is 0 Å². The van der Waals surface area contributed by atoms with Gasteiger partial charge in [-0.25, -0.2) is 0 Å². The summed E-state index contributed by atoms with van der Waals surface area (Å²) in [7, 11) is 0. The zero-order valence-electron chi connectivity index (χ0n) is 13.9. The highest BCUT2D eigenvalue weighted by Crippen LogP contribution is 2.33. The van der Waals surface area contributed by atoms with Crippen LogP contribution < -0.4 is 0 Å². The smallest absolute Gasteiger partial charge is 0.190 e. The lowest BCUT2D eigenvalue weighted by Gasteiger charge is -2.39. The number of ether oxygens (including phenoxy) is 1. The number of aliphatic hydroxyl groups excluding tert-OH is 2. The Labute approximate surface area is 142 Å². The fourth-order valence-corrected chi connectivity index (χ4v) is 2.59. The number of carbonyl (C=O) groups excluding carboxylic acids is 1. The van der Waals surface area contributed by atoms with Crippen LogP contribution in [-0.4, -0.2) is 34.3 Å². The lowest BCUT2D eigenvalue weighted by atomic mass is 9.75. The highest BCUT2D eigenvalue weighted by molar-refractivity contribution is 5.99. The fourth-order valence-electron chi connectivity index (χ4n) is 2.59. The van der Waals surface area contributed by atoms with Gasteiger partial charge in [0.25, 0.3) is 0 Å². The van der Waals surface area contributed by atoms with Crippen LogP contribution >= 0.6 is 0 Å². The standard InChI is InChI=1S/C20H22O4/c1-3-4-6-11-16-12-18(22)20(2,19(23)17(16)13-21)24-14-15-9-7-5-8-10-15/h3-5,7-10,12,17,19,21,23H,13-14H2,1-2H3/b4-3-/t17-,19+,20-/m1/s1. The molecule has 0 unspecified atom stereocenters. The van der Waals surface area contributed by atoms with Crippen LogP contribution in [0.25, 0.3) is 0 Å². The third kappa shape index (κ3) is 3.82. The van der Waals surface area contributed by atoms with Gasteiger partial charge >= 0.3 is 0 Å². The van der Waals surface area contributed by atoms with Gasteiger partial charge in [-0.1, -0.05) is 48.2 Å². The Balaban J connectivity index is 2.25. The predicted octanol–water partition coefficient (Wildman–Crippen LogP) is 2.02. The van der Waals surface area contributed by atoms with E-state index in [0.29, 0.717) is 5.57 Å². The minimum Gasteiger partial charge on any atom is -0.396 e. The van der Waals surface area contributed by atoms with Gasteiger partial charge in [0.15, 0.2) is 11.4 Å². The zero-order chi connectivity index (χ0) is 17.6. The third-order valence-corrected chi connectivity index (χ3v) is 4.17. The molecule has 0 spiro atoms. The minimum absolute atomic E-state index is 0.200. The third-order valence-electron chi connectivity index (χ3n) is 4.17. The van der Waals surface area contributed by atoms with Crippen LogP contribution in [0.4, 0.5) is 0 Å². The van der Waals surface area contributed by atoms with E-state index in [1.165, 1.54) is 6.08 Å². The maximum atomic E-state index is 12.5. The summed E-state index contributed by atoms with van der Waals surface area (Å²) in [6.07, 6.45) is 3.62. The second-order valence-electron chi connectivity index (χ2n) is 5.85. The molecule has 4 heteroatoms. The fraction of sp³-hybridized carbons (Fsp3) is 0.350. The second kappa shape index (κ2) is 8.07. The first-order valence-corrected chi connectivity index (χ1v) is 7.88. The maximum absolute atomic E-state index is 12.5. The molecule has 0 fully saturated rings. The second-order valence-corrected chi connectivity index (χ2v) is 5.85. The van der Waals surface area contributed by atoms with E-state index >= 15 is 0 Å². The van der Waals surface area contributed by atoms with Crippen molar-refractivity contribution in [1.29, 1.82) is 0 Å². The van der Waals surface area contributed by atoms with Crippen LogP contribution in [0.3, 0.4) is 0 Å². The maximum Gasteiger partial charge on any atom is 0.190 e. The molecule has 0 amide bonds. The van der Waals surface area contributed by atoms with E-state index in [1.54, 1.807) is 19.1 Å². The predicted molar refractivity (Wildman–Crippen MR) is 91.9 cm³/mol. The molecular weight excluding hydrogens is 304 g/mol. The summed E-state index contributed by atoms with van der Waals surface area (Å²) in [5.74, 6) is 4.61. The number of hydrogen-bond donors (Lipinski definition) is 2. The van der Waals surface area contributed by atoms with Crippen molar-refractivity contribution in [2.45, 2.75) is 32.2 Å². The summed E-state index contributed by atoms with van der Waals surface area (Å²) >= 11 is 0. The molecule has 0 aliphatic heterocycles. The molecule has 126 valence electrons. The number of allylic oxidation sites excluding steroid dienone is 2. The Bertz CT molecular complexity index is 693. The van der Waals surface area contributed by atoms with Gasteiger partial charge in [0.2, 0.25) is 0 Å². The largest absolute Gasteiger partial charge is 0.396 e. The van der Waals surface area contributed by atoms with E-state index < -0.39 is 17.6 Å². The number of carbonyl (C=O) groups is 1. The molecule has 2 rings (SSSR count). The Kier molecular flexibility index (Phi) is 6.10. The highest BCUT2D eigenvalue weighted by Gasteiger charge is 2.48. The molecule has 4 nitrogen and oxygen atoms in total. The number of aliphatic hydroxyl groups is 2. The molecule has 1 aromatic rings. The first-order chi connectivity index (χ1) is 11.5. The van der Waals surface area contributed by atoms with Crippen LogP contribution in [0.15, 0.2) is 54.1 Å². The van der Waals surface area contributed by atoms with Crippen LogP contribution in [0.2, 0.25) is 0 Å². The molecule has 1 aliphatic carbocycles. The Morgan fingerprint density at radius 1 is 1.33 bits per heavy atom. The zero-order valence-corrected chi connectivity index (χ0v) is 13.9. The van der Waals surface area contributed by atoms with Gasteiger partial charge in [0.05, 0.1) is 19.3 Å². The van der Waals surface area contributed by atoms with Gasteiger partial charge in [-0.05, 0) is 31.6 Å². The summed E-state index contributed by atoms with van der Waals surface area (Å²) in [5, 5.41) is 20.3. The SMILES string of the molecule is C/C=C\C#CC1=CC(=O)[C@@](C)(OCc2ccccc2)[C@@H](O)[C@@H]1CO. The van der Waals surface area contributed by atoms with Crippen molar-refractivity contribution in [3.63, 3.8) is 0 Å². The molecule has 1 aliphatic rings. The molecule has 1 aromatic carbocycles. The molecule has 0 radical (unpaired) electrons. The van der Waals surface area contributed by atoms with Gasteiger partial charge in [0.1, 0.15) is 0 Å². The molecule has 24 heavy (non-hydrogen) atoms. The van der Waals surface area contributed by atoms with E-state index in [-0.39, 0.29) is 19.0 Å². The number of ketones is 1. The van der Waals surface area contributed by atoms with Crippen LogP contribution in [-0.2, 0) is 16.1 Å². The number of rotatable bonds is 4. The summed E-state index contributed by atoms with van der Waals surface area (Å²) < 4.78 is 5.77. The first kappa shape index (κ1) is 18.2. The van der Waals surface area contributed by atoms with E-state index in [1.807, 2.05) is 37.3 Å². The monoisotopic (exact) mass is 326 g/mol. The molecule has 3 atom stereocenters. The van der Waals surface area contributed by atoms with E-state index in [4.69, 9.17) is 4.74 Å².